The maximum absolute atomic E-state index is 13.8. The van der Waals surface area contributed by atoms with Crippen molar-refractivity contribution in [3.63, 3.8) is 0 Å². The molecule has 0 bridgehead atoms. The van der Waals surface area contributed by atoms with Gasteiger partial charge in [0.25, 0.3) is 0 Å². The molecular weight excluding hydrogens is 264 g/mol. The molecule has 20 heavy (non-hydrogen) atoms. The van der Waals surface area contributed by atoms with Gasteiger partial charge in [0, 0.05) is 13.1 Å². The van der Waals surface area contributed by atoms with Gasteiger partial charge < -0.3 is 4.74 Å². The van der Waals surface area contributed by atoms with Gasteiger partial charge in [-0.3, -0.25) is 9.69 Å². The summed E-state index contributed by atoms with van der Waals surface area (Å²) in [5, 5.41) is 0. The van der Waals surface area contributed by atoms with Crippen LogP contribution in [0.3, 0.4) is 0 Å². The van der Waals surface area contributed by atoms with E-state index in [0.717, 1.165) is 6.07 Å². The lowest BCUT2D eigenvalue weighted by molar-refractivity contribution is -0.0108. The van der Waals surface area contributed by atoms with Crippen LogP contribution in [0.4, 0.5) is 8.78 Å². The molecule has 2 rings (SSSR count). The Bertz CT molecular complexity index is 501. The summed E-state index contributed by atoms with van der Waals surface area (Å²) < 4.78 is 32.4. The van der Waals surface area contributed by atoms with Crippen LogP contribution >= 0.6 is 0 Å². The summed E-state index contributed by atoms with van der Waals surface area (Å²) in [5.41, 5.74) is -1.01. The highest BCUT2D eigenvalue weighted by molar-refractivity contribution is 6.03. The van der Waals surface area contributed by atoms with Crippen molar-refractivity contribution < 1.29 is 18.3 Å². The van der Waals surface area contributed by atoms with E-state index < -0.39 is 17.2 Å². The predicted molar refractivity (Wildman–Crippen MR) is 71.8 cm³/mol. The fourth-order valence-corrected chi connectivity index (χ4v) is 2.55. The molecule has 1 aliphatic rings. The number of morpholine rings is 1. The maximum atomic E-state index is 13.8. The first-order valence-electron chi connectivity index (χ1n) is 6.82. The first kappa shape index (κ1) is 15.1. The highest BCUT2D eigenvalue weighted by atomic mass is 19.2. The summed E-state index contributed by atoms with van der Waals surface area (Å²) in [4.78, 5) is 14.7. The molecule has 110 valence electrons. The summed E-state index contributed by atoms with van der Waals surface area (Å²) in [6, 6.07) is 3.72. The zero-order chi connectivity index (χ0) is 14.8. The van der Waals surface area contributed by atoms with Crippen molar-refractivity contribution in [3.8, 4) is 0 Å². The molecule has 1 aliphatic heterocycles. The molecule has 1 aromatic rings. The average Bonchev–Trinajstić information content (AvgIpc) is 2.49. The van der Waals surface area contributed by atoms with Crippen molar-refractivity contribution in [1.29, 1.82) is 0 Å². The molecular formula is C15H19F2NO2. The fourth-order valence-electron chi connectivity index (χ4n) is 2.55. The summed E-state index contributed by atoms with van der Waals surface area (Å²) in [6.45, 7) is 6.00. The van der Waals surface area contributed by atoms with E-state index in [4.69, 9.17) is 4.74 Å². The monoisotopic (exact) mass is 283 g/mol. The molecule has 3 nitrogen and oxygen atoms in total. The molecule has 1 saturated heterocycles. The number of rotatable bonds is 4. The first-order valence-corrected chi connectivity index (χ1v) is 6.82. The number of carbonyl (C=O) groups is 1. The zero-order valence-corrected chi connectivity index (χ0v) is 11.8. The number of benzene rings is 1. The van der Waals surface area contributed by atoms with Crippen LogP contribution in [0, 0.1) is 11.6 Å². The number of carbonyl (C=O) groups excluding carboxylic acids is 1. The molecule has 0 N–H and O–H groups in total. The lowest BCUT2D eigenvalue weighted by atomic mass is 9.86. The number of ketones is 1. The van der Waals surface area contributed by atoms with E-state index in [1.807, 2.05) is 11.8 Å². The van der Waals surface area contributed by atoms with Crippen molar-refractivity contribution in [1.82, 2.24) is 4.90 Å². The standard InChI is InChI=1S/C15H19F2NO2/c1-3-15(2,18-7-9-20-10-8-18)14(19)11-5-4-6-12(16)13(11)17/h4-6H,3,7-10H2,1-2H3. The summed E-state index contributed by atoms with van der Waals surface area (Å²) >= 11 is 0. The topological polar surface area (TPSA) is 29.5 Å². The second-order valence-electron chi connectivity index (χ2n) is 5.16. The molecule has 0 saturated carbocycles. The highest BCUT2D eigenvalue weighted by Crippen LogP contribution is 2.27. The Balaban J connectivity index is 2.34. The van der Waals surface area contributed by atoms with Gasteiger partial charge in [0.15, 0.2) is 17.4 Å². The van der Waals surface area contributed by atoms with E-state index in [0.29, 0.717) is 32.7 Å². The van der Waals surface area contributed by atoms with Crippen LogP contribution < -0.4 is 0 Å². The molecule has 1 aromatic carbocycles. The first-order chi connectivity index (χ1) is 9.50. The molecule has 1 unspecified atom stereocenters. The zero-order valence-electron chi connectivity index (χ0n) is 11.8. The van der Waals surface area contributed by atoms with Crippen LogP contribution in [0.2, 0.25) is 0 Å². The molecule has 1 heterocycles. The third-order valence-corrected chi connectivity index (χ3v) is 4.08. The summed E-state index contributed by atoms with van der Waals surface area (Å²) in [7, 11) is 0. The van der Waals surface area contributed by atoms with Crippen molar-refractivity contribution >= 4 is 5.78 Å². The molecule has 0 spiro atoms. The lowest BCUT2D eigenvalue weighted by Gasteiger charge is -2.41. The van der Waals surface area contributed by atoms with Gasteiger partial charge in [-0.1, -0.05) is 13.0 Å². The number of Topliss-reactive ketones (excluding diaryl/α,β-unsaturated/α-hetero) is 1. The van der Waals surface area contributed by atoms with Crippen LogP contribution in [0.1, 0.15) is 30.6 Å². The van der Waals surface area contributed by atoms with Gasteiger partial charge in [0.05, 0.1) is 24.3 Å². The van der Waals surface area contributed by atoms with Crippen molar-refractivity contribution in [2.24, 2.45) is 0 Å². The second kappa shape index (κ2) is 5.97. The normalized spacial score (nSPS) is 19.6. The van der Waals surface area contributed by atoms with Crippen molar-refractivity contribution in [2.75, 3.05) is 26.3 Å². The smallest absolute Gasteiger partial charge is 0.185 e. The second-order valence-corrected chi connectivity index (χ2v) is 5.16. The van der Waals surface area contributed by atoms with Gasteiger partial charge in [0.2, 0.25) is 0 Å². The molecule has 1 atom stereocenters. The SMILES string of the molecule is CCC(C)(C(=O)c1cccc(F)c1F)N1CCOCC1. The maximum Gasteiger partial charge on any atom is 0.185 e. The molecule has 0 aliphatic carbocycles. The number of hydrogen-bond donors (Lipinski definition) is 0. The number of halogens is 2. The molecule has 0 radical (unpaired) electrons. The Labute approximate surface area is 117 Å². The summed E-state index contributed by atoms with van der Waals surface area (Å²) in [6.07, 6.45) is 0.530. The number of hydrogen-bond acceptors (Lipinski definition) is 3. The Hall–Kier alpha value is -1.33. The van der Waals surface area contributed by atoms with Gasteiger partial charge in [0.1, 0.15) is 0 Å². The van der Waals surface area contributed by atoms with Crippen LogP contribution in [-0.4, -0.2) is 42.5 Å². The third-order valence-electron chi connectivity index (χ3n) is 4.08. The van der Waals surface area contributed by atoms with Gasteiger partial charge in [-0.15, -0.1) is 0 Å². The van der Waals surface area contributed by atoms with Crippen LogP contribution in [0.25, 0.3) is 0 Å². The van der Waals surface area contributed by atoms with E-state index in [2.05, 4.69) is 0 Å². The van der Waals surface area contributed by atoms with Crippen LogP contribution in [-0.2, 0) is 4.74 Å². The number of nitrogens with zero attached hydrogens (tertiary/aromatic N) is 1. The fraction of sp³-hybridized carbons (Fsp3) is 0.533. The third kappa shape index (κ3) is 2.60. The Morgan fingerprint density at radius 1 is 1.35 bits per heavy atom. The minimum absolute atomic E-state index is 0.180. The Morgan fingerprint density at radius 2 is 2.00 bits per heavy atom. The van der Waals surface area contributed by atoms with Crippen LogP contribution in [0.15, 0.2) is 18.2 Å². The number of ether oxygens (including phenoxy) is 1. The molecule has 0 amide bonds. The molecule has 5 heteroatoms. The Kier molecular flexibility index (Phi) is 4.50. The van der Waals surface area contributed by atoms with Gasteiger partial charge >= 0.3 is 0 Å². The van der Waals surface area contributed by atoms with E-state index in [-0.39, 0.29) is 11.3 Å². The predicted octanol–water partition coefficient (Wildman–Crippen LogP) is 2.65. The van der Waals surface area contributed by atoms with Gasteiger partial charge in [-0.05, 0) is 25.5 Å². The highest BCUT2D eigenvalue weighted by Gasteiger charge is 2.40. The average molecular weight is 283 g/mol. The molecule has 0 aromatic heterocycles. The minimum atomic E-state index is -1.06. The quantitative estimate of drug-likeness (QED) is 0.796. The van der Waals surface area contributed by atoms with E-state index >= 15 is 0 Å². The van der Waals surface area contributed by atoms with E-state index in [9.17, 15) is 13.6 Å². The lowest BCUT2D eigenvalue weighted by Crippen LogP contribution is -2.56. The minimum Gasteiger partial charge on any atom is -0.379 e. The van der Waals surface area contributed by atoms with Crippen molar-refractivity contribution in [2.45, 2.75) is 25.8 Å². The van der Waals surface area contributed by atoms with Gasteiger partial charge in [-0.25, -0.2) is 8.78 Å². The van der Waals surface area contributed by atoms with Crippen LogP contribution in [0.5, 0.6) is 0 Å². The Morgan fingerprint density at radius 3 is 2.60 bits per heavy atom. The van der Waals surface area contributed by atoms with E-state index in [1.54, 1.807) is 6.92 Å². The molecule has 1 fully saturated rings. The van der Waals surface area contributed by atoms with Crippen molar-refractivity contribution in [3.05, 3.63) is 35.4 Å². The van der Waals surface area contributed by atoms with E-state index in [1.165, 1.54) is 12.1 Å². The van der Waals surface area contributed by atoms with Gasteiger partial charge in [-0.2, -0.15) is 0 Å². The summed E-state index contributed by atoms with van der Waals surface area (Å²) in [5.74, 6) is -2.43. The largest absolute Gasteiger partial charge is 0.379 e.